The molecule has 0 radical (unpaired) electrons. The number of halogens is 1. The van der Waals surface area contributed by atoms with Crippen molar-refractivity contribution in [1.82, 2.24) is 5.32 Å². The predicted octanol–water partition coefficient (Wildman–Crippen LogP) is 2.09. The third-order valence-electron chi connectivity index (χ3n) is 2.12. The number of amides is 1. The number of carbonyl (C=O) groups excluding carboxylic acids is 1. The van der Waals surface area contributed by atoms with Gasteiger partial charge in [0.05, 0.1) is 14.7 Å². The molecular formula is C10H13BrN2OS2. The van der Waals surface area contributed by atoms with E-state index in [0.29, 0.717) is 6.54 Å². The third-order valence-corrected chi connectivity index (χ3v) is 4.16. The Morgan fingerprint density at radius 3 is 2.88 bits per heavy atom. The molecule has 16 heavy (non-hydrogen) atoms. The summed E-state index contributed by atoms with van der Waals surface area (Å²) < 4.78 is 1.10. The fourth-order valence-corrected chi connectivity index (χ4v) is 2.67. The summed E-state index contributed by atoms with van der Waals surface area (Å²) in [7, 11) is 0. The summed E-state index contributed by atoms with van der Waals surface area (Å²) in [6.45, 7) is 2.32. The van der Waals surface area contributed by atoms with E-state index in [-0.39, 0.29) is 10.9 Å². The maximum absolute atomic E-state index is 11.5. The molecule has 1 aromatic rings. The average Bonchev–Trinajstić information content (AvgIpc) is 2.62. The van der Waals surface area contributed by atoms with Crippen LogP contribution >= 0.6 is 39.5 Å². The highest BCUT2D eigenvalue weighted by Crippen LogP contribution is 2.22. The van der Waals surface area contributed by atoms with Gasteiger partial charge >= 0.3 is 0 Å². The van der Waals surface area contributed by atoms with Gasteiger partial charge in [-0.1, -0.05) is 12.2 Å². The topological polar surface area (TPSA) is 55.1 Å². The highest BCUT2D eigenvalue weighted by atomic mass is 79.9. The normalized spacial score (nSPS) is 12.1. The summed E-state index contributed by atoms with van der Waals surface area (Å²) in [4.78, 5) is 13.0. The van der Waals surface area contributed by atoms with Gasteiger partial charge in [0.1, 0.15) is 0 Å². The number of nitrogens with one attached hydrogen (secondary N) is 1. The van der Waals surface area contributed by atoms with Crippen LogP contribution in [-0.2, 0) is 11.2 Å². The summed E-state index contributed by atoms with van der Waals surface area (Å²) in [6.07, 6.45) is 0.825. The Morgan fingerprint density at radius 1 is 1.69 bits per heavy atom. The minimum Gasteiger partial charge on any atom is -0.393 e. The fourth-order valence-electron chi connectivity index (χ4n) is 1.08. The van der Waals surface area contributed by atoms with Gasteiger partial charge < -0.3 is 11.1 Å². The molecule has 1 rings (SSSR count). The lowest BCUT2D eigenvalue weighted by molar-refractivity contribution is -0.122. The van der Waals surface area contributed by atoms with E-state index in [1.165, 1.54) is 4.88 Å². The second-order valence-electron chi connectivity index (χ2n) is 3.37. The van der Waals surface area contributed by atoms with Crippen LogP contribution < -0.4 is 11.1 Å². The first-order chi connectivity index (χ1) is 7.50. The summed E-state index contributed by atoms with van der Waals surface area (Å²) in [6, 6.07) is 4.04. The van der Waals surface area contributed by atoms with Crippen LogP contribution in [0.4, 0.5) is 0 Å². The van der Waals surface area contributed by atoms with Crippen molar-refractivity contribution in [2.75, 3.05) is 6.54 Å². The highest BCUT2D eigenvalue weighted by molar-refractivity contribution is 9.11. The number of nitrogens with two attached hydrogens (primary N) is 1. The van der Waals surface area contributed by atoms with E-state index in [1.54, 1.807) is 18.3 Å². The molecule has 0 aliphatic rings. The molecule has 0 aromatic carbocycles. The number of hydrogen-bond acceptors (Lipinski definition) is 3. The standard InChI is InChI=1S/C10H13BrN2OS2/c1-6(9(12)15)10(14)13-5-4-7-2-3-8(11)16-7/h2-3,6H,4-5H2,1H3,(H2,12,15)(H,13,14). The molecule has 0 aliphatic heterocycles. The molecule has 0 aliphatic carbocycles. The Labute approximate surface area is 113 Å². The lowest BCUT2D eigenvalue weighted by atomic mass is 10.1. The molecule has 6 heteroatoms. The van der Waals surface area contributed by atoms with Gasteiger partial charge in [-0.2, -0.15) is 0 Å². The fraction of sp³-hybridized carbons (Fsp3) is 0.400. The number of thiocarbonyl (C=S) groups is 1. The molecule has 0 spiro atoms. The van der Waals surface area contributed by atoms with Gasteiger partial charge in [-0.25, -0.2) is 0 Å². The molecule has 88 valence electrons. The molecule has 0 bridgehead atoms. The van der Waals surface area contributed by atoms with Crippen LogP contribution in [0.3, 0.4) is 0 Å². The molecule has 1 amide bonds. The van der Waals surface area contributed by atoms with E-state index in [2.05, 4.69) is 21.2 Å². The van der Waals surface area contributed by atoms with Crippen molar-refractivity contribution in [3.05, 3.63) is 20.8 Å². The van der Waals surface area contributed by atoms with Gasteiger partial charge in [0.15, 0.2) is 0 Å². The van der Waals surface area contributed by atoms with Gasteiger partial charge in [0.2, 0.25) is 5.91 Å². The molecule has 3 N–H and O–H groups in total. The molecule has 3 nitrogen and oxygen atoms in total. The van der Waals surface area contributed by atoms with Crippen molar-refractivity contribution >= 4 is 50.4 Å². The van der Waals surface area contributed by atoms with E-state index in [0.717, 1.165) is 10.2 Å². The van der Waals surface area contributed by atoms with Crippen LogP contribution in [0.1, 0.15) is 11.8 Å². The van der Waals surface area contributed by atoms with Crippen molar-refractivity contribution in [3.8, 4) is 0 Å². The smallest absolute Gasteiger partial charge is 0.229 e. The second-order valence-corrected chi connectivity index (χ2v) is 6.39. The maximum Gasteiger partial charge on any atom is 0.229 e. The molecule has 0 saturated heterocycles. The Bertz CT molecular complexity index is 392. The van der Waals surface area contributed by atoms with Crippen molar-refractivity contribution in [2.24, 2.45) is 11.7 Å². The number of carbonyl (C=O) groups is 1. The zero-order valence-corrected chi connectivity index (χ0v) is 12.0. The van der Waals surface area contributed by atoms with Crippen molar-refractivity contribution < 1.29 is 4.79 Å². The first kappa shape index (κ1) is 13.6. The van der Waals surface area contributed by atoms with Crippen LogP contribution in [0.2, 0.25) is 0 Å². The maximum atomic E-state index is 11.5. The Kier molecular flexibility index (Phi) is 5.37. The van der Waals surface area contributed by atoms with Gasteiger partial charge in [-0.3, -0.25) is 4.79 Å². The highest BCUT2D eigenvalue weighted by Gasteiger charge is 2.14. The van der Waals surface area contributed by atoms with Crippen LogP contribution in [0.5, 0.6) is 0 Å². The Hall–Kier alpha value is -0.460. The largest absolute Gasteiger partial charge is 0.393 e. The zero-order chi connectivity index (χ0) is 12.1. The molecule has 1 atom stereocenters. The third kappa shape index (κ3) is 4.19. The minimum atomic E-state index is -0.398. The molecule has 1 aromatic heterocycles. The van der Waals surface area contributed by atoms with E-state index >= 15 is 0 Å². The van der Waals surface area contributed by atoms with Crippen molar-refractivity contribution in [1.29, 1.82) is 0 Å². The summed E-state index contributed by atoms with van der Waals surface area (Å²) in [5.41, 5.74) is 5.39. The lowest BCUT2D eigenvalue weighted by Gasteiger charge is -2.09. The Balaban J connectivity index is 2.30. The quantitative estimate of drug-likeness (QED) is 0.817. The first-order valence-corrected chi connectivity index (χ1v) is 6.83. The number of rotatable bonds is 5. The van der Waals surface area contributed by atoms with E-state index in [1.807, 2.05) is 12.1 Å². The second kappa shape index (κ2) is 6.32. The van der Waals surface area contributed by atoms with Crippen molar-refractivity contribution in [3.63, 3.8) is 0 Å². The predicted molar refractivity (Wildman–Crippen MR) is 74.7 cm³/mol. The molecule has 0 saturated carbocycles. The van der Waals surface area contributed by atoms with Crippen LogP contribution in [0, 0.1) is 5.92 Å². The van der Waals surface area contributed by atoms with Gasteiger partial charge in [-0.15, -0.1) is 11.3 Å². The Morgan fingerprint density at radius 2 is 2.38 bits per heavy atom. The van der Waals surface area contributed by atoms with Gasteiger partial charge in [0, 0.05) is 11.4 Å². The van der Waals surface area contributed by atoms with E-state index < -0.39 is 5.92 Å². The van der Waals surface area contributed by atoms with Gasteiger partial charge in [0.25, 0.3) is 0 Å². The lowest BCUT2D eigenvalue weighted by Crippen LogP contribution is -2.36. The summed E-state index contributed by atoms with van der Waals surface area (Å²) >= 11 is 9.82. The minimum absolute atomic E-state index is 0.108. The first-order valence-electron chi connectivity index (χ1n) is 4.82. The van der Waals surface area contributed by atoms with Crippen LogP contribution in [0.25, 0.3) is 0 Å². The van der Waals surface area contributed by atoms with E-state index in [9.17, 15) is 4.79 Å². The van der Waals surface area contributed by atoms with Crippen molar-refractivity contribution in [2.45, 2.75) is 13.3 Å². The van der Waals surface area contributed by atoms with Crippen LogP contribution in [-0.4, -0.2) is 17.4 Å². The molecular weight excluding hydrogens is 308 g/mol. The summed E-state index contributed by atoms with van der Waals surface area (Å²) in [5, 5.41) is 2.81. The van der Waals surface area contributed by atoms with Crippen LogP contribution in [0.15, 0.2) is 15.9 Å². The average molecular weight is 321 g/mol. The number of thiophene rings is 1. The zero-order valence-electron chi connectivity index (χ0n) is 8.83. The molecule has 1 heterocycles. The molecule has 0 fully saturated rings. The van der Waals surface area contributed by atoms with Gasteiger partial charge in [-0.05, 0) is 41.4 Å². The summed E-state index contributed by atoms with van der Waals surface area (Å²) in [5.74, 6) is -0.506. The SMILES string of the molecule is CC(C(=O)NCCc1ccc(Br)s1)C(N)=S. The number of hydrogen-bond donors (Lipinski definition) is 2. The van der Waals surface area contributed by atoms with E-state index in [4.69, 9.17) is 18.0 Å². The monoisotopic (exact) mass is 320 g/mol. The molecule has 1 unspecified atom stereocenters.